The number of hydrogen-bond donors (Lipinski definition) is 4. The molecule has 0 aliphatic rings. The lowest BCUT2D eigenvalue weighted by Crippen LogP contribution is -2.29. The molecule has 1 aromatic heterocycles. The minimum absolute atomic E-state index is 0.00454. The van der Waals surface area contributed by atoms with Gasteiger partial charge in [-0.2, -0.15) is 0 Å². The second-order valence-electron chi connectivity index (χ2n) is 3.33. The van der Waals surface area contributed by atoms with Crippen LogP contribution in [0.15, 0.2) is 9.59 Å². The molecule has 0 aliphatic heterocycles. The Hall–Kier alpha value is -2.12. The SMILES string of the molecule is CC(CCC(=O)O)Nc1n[nH]c(=O)[nH]c1=O. The normalized spacial score (nSPS) is 12.1. The second kappa shape index (κ2) is 5.10. The van der Waals surface area contributed by atoms with Gasteiger partial charge in [-0.1, -0.05) is 0 Å². The van der Waals surface area contributed by atoms with Gasteiger partial charge >= 0.3 is 11.7 Å². The van der Waals surface area contributed by atoms with Crippen LogP contribution in [0.25, 0.3) is 0 Å². The van der Waals surface area contributed by atoms with E-state index in [4.69, 9.17) is 5.11 Å². The monoisotopic (exact) mass is 228 g/mol. The van der Waals surface area contributed by atoms with E-state index in [1.165, 1.54) is 0 Å². The smallest absolute Gasteiger partial charge is 0.342 e. The standard InChI is InChI=1S/C8H12N4O4/c1-4(2-3-5(13)14)9-6-7(15)10-8(16)12-11-6/h4H,2-3H2,1H3,(H,9,11)(H,13,14)(H2,10,12,15,16). The molecule has 1 heterocycles. The van der Waals surface area contributed by atoms with E-state index in [0.717, 1.165) is 0 Å². The fraction of sp³-hybridized carbons (Fsp3) is 0.500. The Bertz CT molecular complexity index is 477. The van der Waals surface area contributed by atoms with Crippen molar-refractivity contribution in [2.24, 2.45) is 0 Å². The first-order valence-corrected chi connectivity index (χ1v) is 4.66. The van der Waals surface area contributed by atoms with Gasteiger partial charge in [-0.25, -0.2) is 9.89 Å². The molecule has 0 saturated carbocycles. The third-order valence-corrected chi connectivity index (χ3v) is 1.89. The molecule has 88 valence electrons. The van der Waals surface area contributed by atoms with Crippen LogP contribution in [0.3, 0.4) is 0 Å². The van der Waals surface area contributed by atoms with E-state index in [1.54, 1.807) is 6.92 Å². The number of hydrogen-bond acceptors (Lipinski definition) is 5. The largest absolute Gasteiger partial charge is 0.481 e. The van der Waals surface area contributed by atoms with Gasteiger partial charge in [0.25, 0.3) is 5.56 Å². The zero-order valence-electron chi connectivity index (χ0n) is 8.61. The van der Waals surface area contributed by atoms with E-state index >= 15 is 0 Å². The molecule has 1 unspecified atom stereocenters. The third kappa shape index (κ3) is 3.56. The lowest BCUT2D eigenvalue weighted by molar-refractivity contribution is -0.137. The first kappa shape index (κ1) is 12.0. The lowest BCUT2D eigenvalue weighted by atomic mass is 10.2. The summed E-state index contributed by atoms with van der Waals surface area (Å²) in [4.78, 5) is 34.2. The molecule has 0 bridgehead atoms. The van der Waals surface area contributed by atoms with Crippen molar-refractivity contribution in [1.82, 2.24) is 15.2 Å². The molecule has 8 heteroatoms. The van der Waals surface area contributed by atoms with E-state index in [-0.39, 0.29) is 18.3 Å². The summed E-state index contributed by atoms with van der Waals surface area (Å²) in [6, 6.07) is -0.226. The van der Waals surface area contributed by atoms with Crippen LogP contribution in [0.1, 0.15) is 19.8 Å². The Balaban J connectivity index is 2.62. The molecule has 1 aromatic rings. The zero-order chi connectivity index (χ0) is 12.1. The number of nitrogens with zero attached hydrogens (tertiary/aromatic N) is 1. The summed E-state index contributed by atoms with van der Waals surface area (Å²) in [5.41, 5.74) is -1.32. The van der Waals surface area contributed by atoms with E-state index in [0.29, 0.717) is 6.42 Å². The fourth-order valence-corrected chi connectivity index (χ4v) is 1.09. The zero-order valence-corrected chi connectivity index (χ0v) is 8.61. The molecule has 8 nitrogen and oxygen atoms in total. The van der Waals surface area contributed by atoms with Crippen molar-refractivity contribution in [2.45, 2.75) is 25.8 Å². The Morgan fingerprint density at radius 3 is 2.81 bits per heavy atom. The van der Waals surface area contributed by atoms with Gasteiger partial charge in [-0.15, -0.1) is 5.10 Å². The van der Waals surface area contributed by atoms with Gasteiger partial charge < -0.3 is 10.4 Å². The van der Waals surface area contributed by atoms with E-state index < -0.39 is 17.2 Å². The molecule has 0 amide bonds. The average molecular weight is 228 g/mol. The molecule has 1 rings (SSSR count). The van der Waals surface area contributed by atoms with Crippen LogP contribution >= 0.6 is 0 Å². The summed E-state index contributed by atoms with van der Waals surface area (Å²) in [5.74, 6) is -0.936. The van der Waals surface area contributed by atoms with Gasteiger partial charge in [0.05, 0.1) is 0 Å². The summed E-state index contributed by atoms with van der Waals surface area (Å²) >= 11 is 0. The summed E-state index contributed by atoms with van der Waals surface area (Å²) in [6.07, 6.45) is 0.352. The van der Waals surface area contributed by atoms with E-state index in [1.807, 2.05) is 4.98 Å². The summed E-state index contributed by atoms with van der Waals surface area (Å²) in [7, 11) is 0. The first-order valence-electron chi connectivity index (χ1n) is 4.66. The van der Waals surface area contributed by atoms with Gasteiger partial charge in [-0.3, -0.25) is 14.6 Å². The fourth-order valence-electron chi connectivity index (χ4n) is 1.09. The predicted octanol–water partition coefficient (Wildman–Crippen LogP) is -0.877. The molecule has 0 aromatic carbocycles. The van der Waals surface area contributed by atoms with Gasteiger partial charge in [0, 0.05) is 12.5 Å². The van der Waals surface area contributed by atoms with Crippen molar-refractivity contribution in [3.63, 3.8) is 0 Å². The maximum absolute atomic E-state index is 11.2. The number of carboxylic acid groups (broad SMARTS) is 1. The minimum Gasteiger partial charge on any atom is -0.481 e. The number of H-pyrrole nitrogens is 2. The molecule has 1 atom stereocenters. The highest BCUT2D eigenvalue weighted by molar-refractivity contribution is 5.66. The van der Waals surface area contributed by atoms with Gasteiger partial charge in [-0.05, 0) is 13.3 Å². The van der Waals surface area contributed by atoms with Crippen molar-refractivity contribution >= 4 is 11.8 Å². The number of anilines is 1. The highest BCUT2D eigenvalue weighted by atomic mass is 16.4. The molecule has 4 N–H and O–H groups in total. The summed E-state index contributed by atoms with van der Waals surface area (Å²) in [5, 5.41) is 16.7. The topological polar surface area (TPSA) is 128 Å². The van der Waals surface area contributed by atoms with Crippen LogP contribution in [0, 0.1) is 0 Å². The van der Waals surface area contributed by atoms with Crippen LogP contribution in [0.5, 0.6) is 0 Å². The van der Waals surface area contributed by atoms with Crippen LogP contribution in [-0.2, 0) is 4.79 Å². The molecule has 0 radical (unpaired) electrons. The molecular formula is C8H12N4O4. The predicted molar refractivity (Wildman–Crippen MR) is 55.4 cm³/mol. The molecule has 0 saturated heterocycles. The minimum atomic E-state index is -0.906. The Kier molecular flexibility index (Phi) is 3.81. The van der Waals surface area contributed by atoms with Crippen LogP contribution in [0.2, 0.25) is 0 Å². The molecule has 0 aliphatic carbocycles. The molecule has 16 heavy (non-hydrogen) atoms. The number of aromatic nitrogens is 3. The van der Waals surface area contributed by atoms with E-state index in [9.17, 15) is 14.4 Å². The van der Waals surface area contributed by atoms with E-state index in [2.05, 4.69) is 15.5 Å². The van der Waals surface area contributed by atoms with Crippen LogP contribution < -0.4 is 16.6 Å². The Morgan fingerprint density at radius 1 is 1.56 bits per heavy atom. The number of rotatable bonds is 5. The molecular weight excluding hydrogens is 216 g/mol. The van der Waals surface area contributed by atoms with Gasteiger partial charge in [0.2, 0.25) is 5.82 Å². The quantitative estimate of drug-likeness (QED) is 0.518. The number of aromatic amines is 2. The van der Waals surface area contributed by atoms with Crippen molar-refractivity contribution in [1.29, 1.82) is 0 Å². The van der Waals surface area contributed by atoms with Crippen molar-refractivity contribution in [3.05, 3.63) is 20.8 Å². The number of carbonyl (C=O) groups is 1. The highest BCUT2D eigenvalue weighted by Crippen LogP contribution is 2.01. The van der Waals surface area contributed by atoms with Crippen molar-refractivity contribution < 1.29 is 9.90 Å². The highest BCUT2D eigenvalue weighted by Gasteiger charge is 2.08. The summed E-state index contributed by atoms with van der Waals surface area (Å²) < 4.78 is 0. The van der Waals surface area contributed by atoms with Crippen LogP contribution in [0.4, 0.5) is 5.82 Å². The van der Waals surface area contributed by atoms with Crippen molar-refractivity contribution in [2.75, 3.05) is 5.32 Å². The van der Waals surface area contributed by atoms with Gasteiger partial charge in [0.1, 0.15) is 0 Å². The van der Waals surface area contributed by atoms with Crippen molar-refractivity contribution in [3.8, 4) is 0 Å². The number of carboxylic acids is 1. The third-order valence-electron chi connectivity index (χ3n) is 1.89. The first-order chi connectivity index (χ1) is 7.49. The maximum Gasteiger partial charge on any atom is 0.342 e. The maximum atomic E-state index is 11.2. The Labute approximate surface area is 89.7 Å². The number of aliphatic carboxylic acids is 1. The van der Waals surface area contributed by atoms with Crippen LogP contribution in [-0.4, -0.2) is 32.3 Å². The lowest BCUT2D eigenvalue weighted by Gasteiger charge is -2.11. The second-order valence-corrected chi connectivity index (χ2v) is 3.33. The van der Waals surface area contributed by atoms with Gasteiger partial charge in [0.15, 0.2) is 0 Å². The molecule has 0 spiro atoms. The number of nitrogens with one attached hydrogen (secondary N) is 3. The molecule has 0 fully saturated rings. The average Bonchev–Trinajstić information content (AvgIpc) is 2.19. The summed E-state index contributed by atoms with van der Waals surface area (Å²) in [6.45, 7) is 1.72. The Morgan fingerprint density at radius 2 is 2.25 bits per heavy atom.